The van der Waals surface area contributed by atoms with Gasteiger partial charge in [-0.3, -0.25) is 10.1 Å². The summed E-state index contributed by atoms with van der Waals surface area (Å²) in [6.45, 7) is 0.0659. The Kier molecular flexibility index (Phi) is 6.94. The van der Waals surface area contributed by atoms with Gasteiger partial charge in [0.15, 0.2) is 0 Å². The second kappa shape index (κ2) is 8.96. The number of carbonyl (C=O) groups excluding carboxylic acids is 1. The van der Waals surface area contributed by atoms with Gasteiger partial charge in [0.1, 0.15) is 12.4 Å². The van der Waals surface area contributed by atoms with Crippen LogP contribution in [0, 0.1) is 0 Å². The predicted octanol–water partition coefficient (Wildman–Crippen LogP) is 3.27. The zero-order valence-electron chi connectivity index (χ0n) is 14.1. The van der Waals surface area contributed by atoms with E-state index < -0.39 is 30.8 Å². The Hall–Kier alpha value is -2.18. The molecule has 0 aromatic heterocycles. The highest BCUT2D eigenvalue weighted by Crippen LogP contribution is 2.29. The standard InChI is InChI=1S/C19H20F2N2O2.ClH/c20-19(21)12-16(23-13-19)18(24)22-10-11-25-17-9-5-4-8-15(17)14-6-2-1-3-7-14;/h1-9,16,23H,10-13H2,(H,22,24);1H. The number of nitrogens with one attached hydrogen (secondary N) is 2. The summed E-state index contributed by atoms with van der Waals surface area (Å²) < 4.78 is 32.0. The van der Waals surface area contributed by atoms with Crippen molar-refractivity contribution in [3.63, 3.8) is 0 Å². The smallest absolute Gasteiger partial charge is 0.262 e. The molecule has 2 N–H and O–H groups in total. The van der Waals surface area contributed by atoms with Crippen molar-refractivity contribution in [3.8, 4) is 16.9 Å². The van der Waals surface area contributed by atoms with Crippen LogP contribution in [0.1, 0.15) is 6.42 Å². The van der Waals surface area contributed by atoms with Gasteiger partial charge in [0.05, 0.1) is 19.1 Å². The van der Waals surface area contributed by atoms with E-state index in [9.17, 15) is 13.6 Å². The number of halogens is 3. The van der Waals surface area contributed by atoms with Crippen LogP contribution < -0.4 is 15.4 Å². The van der Waals surface area contributed by atoms with Gasteiger partial charge in [0, 0.05) is 12.0 Å². The highest BCUT2D eigenvalue weighted by Gasteiger charge is 2.42. The summed E-state index contributed by atoms with van der Waals surface area (Å²) in [6.07, 6.45) is -0.462. The molecule has 2 aromatic carbocycles. The normalized spacial score (nSPS) is 18.0. The van der Waals surface area contributed by atoms with Crippen LogP contribution in [0.3, 0.4) is 0 Å². The van der Waals surface area contributed by atoms with E-state index in [1.165, 1.54) is 0 Å². The van der Waals surface area contributed by atoms with Crippen LogP contribution in [0.15, 0.2) is 54.6 Å². The van der Waals surface area contributed by atoms with Crippen LogP contribution in [0.5, 0.6) is 5.75 Å². The molecule has 1 saturated heterocycles. The van der Waals surface area contributed by atoms with Crippen LogP contribution in [0.4, 0.5) is 8.78 Å². The lowest BCUT2D eigenvalue weighted by Gasteiger charge is -2.14. The fraction of sp³-hybridized carbons (Fsp3) is 0.316. The Labute approximate surface area is 157 Å². The number of hydrogen-bond acceptors (Lipinski definition) is 3. The number of benzene rings is 2. The molecule has 7 heteroatoms. The molecule has 0 saturated carbocycles. The number of alkyl halides is 2. The summed E-state index contributed by atoms with van der Waals surface area (Å²) in [5.74, 6) is -2.52. The monoisotopic (exact) mass is 382 g/mol. The molecule has 1 heterocycles. The van der Waals surface area contributed by atoms with Crippen molar-refractivity contribution < 1.29 is 18.3 Å². The topological polar surface area (TPSA) is 50.4 Å². The molecule has 3 rings (SSSR count). The molecule has 1 amide bonds. The fourth-order valence-electron chi connectivity index (χ4n) is 2.81. The van der Waals surface area contributed by atoms with Gasteiger partial charge in [0.25, 0.3) is 5.92 Å². The van der Waals surface area contributed by atoms with E-state index in [1.807, 2.05) is 54.6 Å². The molecule has 1 aliphatic heterocycles. The molecule has 0 aliphatic carbocycles. The Morgan fingerprint density at radius 3 is 2.54 bits per heavy atom. The highest BCUT2D eigenvalue weighted by molar-refractivity contribution is 5.85. The minimum absolute atomic E-state index is 0. The average Bonchev–Trinajstić information content (AvgIpc) is 3.00. The van der Waals surface area contributed by atoms with E-state index in [-0.39, 0.29) is 25.6 Å². The van der Waals surface area contributed by atoms with Gasteiger partial charge in [-0.15, -0.1) is 12.4 Å². The molecule has 1 atom stereocenters. The van der Waals surface area contributed by atoms with Crippen LogP contribution in [0.2, 0.25) is 0 Å². The Morgan fingerprint density at radius 2 is 1.85 bits per heavy atom. The van der Waals surface area contributed by atoms with Crippen molar-refractivity contribution in [2.24, 2.45) is 0 Å². The molecule has 0 bridgehead atoms. The van der Waals surface area contributed by atoms with Crippen LogP contribution >= 0.6 is 12.4 Å². The molecule has 0 radical (unpaired) electrons. The molecule has 1 unspecified atom stereocenters. The van der Waals surface area contributed by atoms with Crippen molar-refractivity contribution in [2.75, 3.05) is 19.7 Å². The quantitative estimate of drug-likeness (QED) is 0.754. The minimum Gasteiger partial charge on any atom is -0.491 e. The van der Waals surface area contributed by atoms with Gasteiger partial charge in [-0.2, -0.15) is 0 Å². The van der Waals surface area contributed by atoms with Gasteiger partial charge in [-0.25, -0.2) is 8.78 Å². The first-order chi connectivity index (χ1) is 12.1. The summed E-state index contributed by atoms with van der Waals surface area (Å²) in [7, 11) is 0. The first kappa shape index (κ1) is 20.1. The number of rotatable bonds is 6. The zero-order chi connectivity index (χ0) is 17.7. The van der Waals surface area contributed by atoms with E-state index in [2.05, 4.69) is 10.6 Å². The predicted molar refractivity (Wildman–Crippen MR) is 99.0 cm³/mol. The maximum absolute atomic E-state index is 13.1. The first-order valence-electron chi connectivity index (χ1n) is 8.21. The van der Waals surface area contributed by atoms with E-state index in [4.69, 9.17) is 4.74 Å². The molecule has 0 spiro atoms. The maximum Gasteiger partial charge on any atom is 0.262 e. The third-order valence-electron chi connectivity index (χ3n) is 4.06. The molecule has 26 heavy (non-hydrogen) atoms. The zero-order valence-corrected chi connectivity index (χ0v) is 14.9. The van der Waals surface area contributed by atoms with Crippen LogP contribution in [-0.4, -0.2) is 37.6 Å². The van der Waals surface area contributed by atoms with Crippen molar-refractivity contribution in [1.29, 1.82) is 0 Å². The van der Waals surface area contributed by atoms with Crippen molar-refractivity contribution in [1.82, 2.24) is 10.6 Å². The number of ether oxygens (including phenoxy) is 1. The van der Waals surface area contributed by atoms with E-state index in [0.29, 0.717) is 5.75 Å². The third kappa shape index (κ3) is 5.16. The molecule has 4 nitrogen and oxygen atoms in total. The average molecular weight is 383 g/mol. The lowest BCUT2D eigenvalue weighted by molar-refractivity contribution is -0.123. The van der Waals surface area contributed by atoms with Gasteiger partial charge in [0.2, 0.25) is 5.91 Å². The van der Waals surface area contributed by atoms with Gasteiger partial charge in [-0.1, -0.05) is 48.5 Å². The van der Waals surface area contributed by atoms with E-state index in [1.54, 1.807) is 0 Å². The van der Waals surface area contributed by atoms with E-state index >= 15 is 0 Å². The van der Waals surface area contributed by atoms with Gasteiger partial charge >= 0.3 is 0 Å². The Morgan fingerprint density at radius 1 is 1.15 bits per heavy atom. The number of hydrogen-bond donors (Lipinski definition) is 2. The first-order valence-corrected chi connectivity index (χ1v) is 8.21. The lowest BCUT2D eigenvalue weighted by atomic mass is 10.1. The second-order valence-corrected chi connectivity index (χ2v) is 6.00. The van der Waals surface area contributed by atoms with Gasteiger partial charge in [-0.05, 0) is 11.6 Å². The largest absolute Gasteiger partial charge is 0.491 e. The SMILES string of the molecule is Cl.O=C(NCCOc1ccccc1-c1ccccc1)C1CC(F)(F)CN1. The van der Waals surface area contributed by atoms with Crippen molar-refractivity contribution in [3.05, 3.63) is 54.6 Å². The molecule has 140 valence electrons. The van der Waals surface area contributed by atoms with E-state index in [0.717, 1.165) is 11.1 Å². The summed E-state index contributed by atoms with van der Waals surface area (Å²) in [4.78, 5) is 11.9. The summed E-state index contributed by atoms with van der Waals surface area (Å²) in [5, 5.41) is 5.17. The molecule has 1 fully saturated rings. The van der Waals surface area contributed by atoms with Crippen molar-refractivity contribution >= 4 is 18.3 Å². The summed E-state index contributed by atoms with van der Waals surface area (Å²) in [5.41, 5.74) is 2.01. The summed E-state index contributed by atoms with van der Waals surface area (Å²) >= 11 is 0. The Balaban J connectivity index is 0.00000243. The highest BCUT2D eigenvalue weighted by atomic mass is 35.5. The lowest BCUT2D eigenvalue weighted by Crippen LogP contribution is -2.41. The van der Waals surface area contributed by atoms with Gasteiger partial charge < -0.3 is 10.1 Å². The maximum atomic E-state index is 13.1. The number of para-hydroxylation sites is 1. The number of amides is 1. The Bertz CT molecular complexity index is 728. The fourth-order valence-corrected chi connectivity index (χ4v) is 2.81. The molecule has 2 aromatic rings. The summed E-state index contributed by atoms with van der Waals surface area (Å²) in [6, 6.07) is 16.7. The van der Waals surface area contributed by atoms with Crippen LogP contribution in [0.25, 0.3) is 11.1 Å². The van der Waals surface area contributed by atoms with Crippen molar-refractivity contribution in [2.45, 2.75) is 18.4 Å². The molecule has 1 aliphatic rings. The molecular weight excluding hydrogens is 362 g/mol. The third-order valence-corrected chi connectivity index (χ3v) is 4.06. The number of carbonyl (C=O) groups is 1. The second-order valence-electron chi connectivity index (χ2n) is 6.00. The molecular formula is C19H21ClF2N2O2. The minimum atomic E-state index is -2.81. The van der Waals surface area contributed by atoms with Crippen LogP contribution in [-0.2, 0) is 4.79 Å².